The van der Waals surface area contributed by atoms with Gasteiger partial charge in [0.2, 0.25) is 0 Å². The average molecular weight is 340 g/mol. The second-order valence-electron chi connectivity index (χ2n) is 6.70. The van der Waals surface area contributed by atoms with E-state index in [0.717, 1.165) is 37.8 Å². The van der Waals surface area contributed by atoms with Crippen LogP contribution in [0.15, 0.2) is 41.7 Å². The molecule has 1 fully saturated rings. The molecule has 2 atom stereocenters. The maximum Gasteiger partial charge on any atom is 0.194 e. The van der Waals surface area contributed by atoms with Crippen LogP contribution in [0.3, 0.4) is 0 Å². The molecule has 2 heterocycles. The number of hydrogen-bond donors (Lipinski definition) is 1. The topological polar surface area (TPSA) is 58.3 Å². The zero-order valence-electron chi connectivity index (χ0n) is 15.4. The molecule has 6 nitrogen and oxygen atoms in total. The Hall–Kier alpha value is -2.37. The normalized spacial score (nSPS) is 21.4. The van der Waals surface area contributed by atoms with Crippen molar-refractivity contribution in [3.8, 4) is 0 Å². The Labute approximate surface area is 150 Å². The number of rotatable bonds is 4. The van der Waals surface area contributed by atoms with E-state index in [1.54, 1.807) is 11.0 Å². The number of aryl methyl sites for hydroxylation is 1. The van der Waals surface area contributed by atoms with Crippen molar-refractivity contribution in [2.45, 2.75) is 32.7 Å². The first-order valence-electron chi connectivity index (χ1n) is 9.10. The summed E-state index contributed by atoms with van der Waals surface area (Å²) in [6, 6.07) is 10.9. The zero-order chi connectivity index (χ0) is 17.6. The zero-order valence-corrected chi connectivity index (χ0v) is 15.4. The number of aromatic nitrogens is 3. The summed E-state index contributed by atoms with van der Waals surface area (Å²) in [7, 11) is 1.90. The van der Waals surface area contributed by atoms with E-state index in [2.05, 4.69) is 64.5 Å². The van der Waals surface area contributed by atoms with Crippen LogP contribution in [0.5, 0.6) is 0 Å². The third-order valence-electron chi connectivity index (χ3n) is 4.94. The van der Waals surface area contributed by atoms with E-state index in [-0.39, 0.29) is 0 Å². The van der Waals surface area contributed by atoms with Crippen LogP contribution in [0.2, 0.25) is 0 Å². The molecule has 1 aliphatic heterocycles. The molecule has 25 heavy (non-hydrogen) atoms. The van der Waals surface area contributed by atoms with E-state index in [4.69, 9.17) is 4.99 Å². The Morgan fingerprint density at radius 1 is 1.32 bits per heavy atom. The van der Waals surface area contributed by atoms with Gasteiger partial charge in [-0.05, 0) is 30.7 Å². The number of hydrogen-bond acceptors (Lipinski definition) is 3. The third kappa shape index (κ3) is 4.18. The number of nitrogens with one attached hydrogen (secondary N) is 1. The van der Waals surface area contributed by atoms with E-state index in [1.807, 2.05) is 7.05 Å². The molecule has 1 saturated heterocycles. The monoisotopic (exact) mass is 340 g/mol. The lowest BCUT2D eigenvalue weighted by molar-refractivity contribution is 0.234. The van der Waals surface area contributed by atoms with E-state index in [1.165, 1.54) is 5.56 Å². The van der Waals surface area contributed by atoms with Crippen LogP contribution in [0.1, 0.15) is 37.6 Å². The molecule has 0 amide bonds. The summed E-state index contributed by atoms with van der Waals surface area (Å²) in [5.74, 6) is 3.07. The Morgan fingerprint density at radius 2 is 2.12 bits per heavy atom. The molecule has 0 radical (unpaired) electrons. The molecule has 0 saturated carbocycles. The largest absolute Gasteiger partial charge is 0.357 e. The van der Waals surface area contributed by atoms with Crippen molar-refractivity contribution >= 4 is 5.96 Å². The number of likely N-dealkylation sites (tertiary alicyclic amines) is 1. The number of benzene rings is 1. The van der Waals surface area contributed by atoms with Gasteiger partial charge in [-0.3, -0.25) is 4.68 Å². The summed E-state index contributed by atoms with van der Waals surface area (Å²) in [6.07, 6.45) is 2.73. The van der Waals surface area contributed by atoms with Gasteiger partial charge in [0, 0.05) is 26.7 Å². The van der Waals surface area contributed by atoms with Gasteiger partial charge in [0.15, 0.2) is 5.96 Å². The van der Waals surface area contributed by atoms with Crippen molar-refractivity contribution in [2.75, 3.05) is 19.6 Å². The standard InChI is InChI=1S/C19H28N6/c1-4-20-19(21-12-18-22-14-23-24(18)3)25-11-10-17(15(2)13-25)16-8-6-5-7-9-16/h5-9,14-15,17H,4,10-13H2,1-3H3,(H,20,21)/t15-,17+/m1/s1. The number of guanidine groups is 1. The number of aliphatic imine (C=N–C) groups is 1. The molecule has 0 spiro atoms. The maximum absolute atomic E-state index is 4.78. The van der Waals surface area contributed by atoms with Crippen molar-refractivity contribution in [3.63, 3.8) is 0 Å². The van der Waals surface area contributed by atoms with E-state index in [0.29, 0.717) is 18.4 Å². The molecular formula is C19H28N6. The summed E-state index contributed by atoms with van der Waals surface area (Å²) in [4.78, 5) is 11.4. The third-order valence-corrected chi connectivity index (χ3v) is 4.94. The summed E-state index contributed by atoms with van der Waals surface area (Å²) in [6.45, 7) is 7.91. The molecule has 0 bridgehead atoms. The van der Waals surface area contributed by atoms with Gasteiger partial charge in [0.05, 0.1) is 0 Å². The van der Waals surface area contributed by atoms with Crippen molar-refractivity contribution in [2.24, 2.45) is 18.0 Å². The van der Waals surface area contributed by atoms with Gasteiger partial charge in [-0.25, -0.2) is 9.98 Å². The molecule has 3 rings (SSSR count). The van der Waals surface area contributed by atoms with E-state index >= 15 is 0 Å². The first-order valence-corrected chi connectivity index (χ1v) is 9.10. The first-order chi connectivity index (χ1) is 12.2. The van der Waals surface area contributed by atoms with Crippen LogP contribution in [0.25, 0.3) is 0 Å². The molecule has 1 aliphatic rings. The second-order valence-corrected chi connectivity index (χ2v) is 6.70. The van der Waals surface area contributed by atoms with Crippen molar-refractivity contribution in [3.05, 3.63) is 48.0 Å². The number of nitrogens with zero attached hydrogens (tertiary/aromatic N) is 5. The lowest BCUT2D eigenvalue weighted by Crippen LogP contribution is -2.48. The van der Waals surface area contributed by atoms with Gasteiger partial charge in [-0.1, -0.05) is 37.3 Å². The van der Waals surface area contributed by atoms with Crippen LogP contribution < -0.4 is 5.32 Å². The van der Waals surface area contributed by atoms with Crippen LogP contribution in [0.4, 0.5) is 0 Å². The summed E-state index contributed by atoms with van der Waals surface area (Å²) < 4.78 is 1.78. The molecule has 0 unspecified atom stereocenters. The molecular weight excluding hydrogens is 312 g/mol. The van der Waals surface area contributed by atoms with Gasteiger partial charge in [0.1, 0.15) is 18.7 Å². The Kier molecular flexibility index (Phi) is 5.68. The predicted octanol–water partition coefficient (Wildman–Crippen LogP) is 2.41. The average Bonchev–Trinajstić information content (AvgIpc) is 3.04. The van der Waals surface area contributed by atoms with Crippen molar-refractivity contribution in [1.29, 1.82) is 0 Å². The molecule has 1 aromatic carbocycles. The fourth-order valence-electron chi connectivity index (χ4n) is 3.57. The summed E-state index contributed by atoms with van der Waals surface area (Å²) in [5.41, 5.74) is 1.45. The van der Waals surface area contributed by atoms with Gasteiger partial charge < -0.3 is 10.2 Å². The van der Waals surface area contributed by atoms with Gasteiger partial charge >= 0.3 is 0 Å². The molecule has 0 aliphatic carbocycles. The minimum Gasteiger partial charge on any atom is -0.357 e. The fourth-order valence-corrected chi connectivity index (χ4v) is 3.57. The van der Waals surface area contributed by atoms with Crippen molar-refractivity contribution in [1.82, 2.24) is 25.0 Å². The highest BCUT2D eigenvalue weighted by Gasteiger charge is 2.28. The molecule has 1 aromatic heterocycles. The fraction of sp³-hybridized carbons (Fsp3) is 0.526. The highest BCUT2D eigenvalue weighted by Crippen LogP contribution is 2.32. The Morgan fingerprint density at radius 3 is 2.76 bits per heavy atom. The van der Waals surface area contributed by atoms with Crippen LogP contribution in [-0.4, -0.2) is 45.3 Å². The minimum absolute atomic E-state index is 0.547. The van der Waals surface area contributed by atoms with Crippen molar-refractivity contribution < 1.29 is 0 Å². The van der Waals surface area contributed by atoms with E-state index < -0.39 is 0 Å². The van der Waals surface area contributed by atoms with Crippen LogP contribution in [-0.2, 0) is 13.6 Å². The Balaban J connectivity index is 1.68. The smallest absolute Gasteiger partial charge is 0.194 e. The second kappa shape index (κ2) is 8.14. The summed E-state index contributed by atoms with van der Waals surface area (Å²) in [5, 5.41) is 7.54. The van der Waals surface area contributed by atoms with Gasteiger partial charge in [-0.15, -0.1) is 0 Å². The highest BCUT2D eigenvalue weighted by molar-refractivity contribution is 5.80. The molecule has 1 N–H and O–H groups in total. The Bertz CT molecular complexity index is 693. The summed E-state index contributed by atoms with van der Waals surface area (Å²) >= 11 is 0. The SMILES string of the molecule is CCNC(=NCc1ncnn1C)N1CC[C@H](c2ccccc2)[C@H](C)C1. The van der Waals surface area contributed by atoms with Crippen LogP contribution in [0, 0.1) is 5.92 Å². The lowest BCUT2D eigenvalue weighted by atomic mass is 9.82. The number of piperidine rings is 1. The minimum atomic E-state index is 0.547. The molecule has 2 aromatic rings. The first kappa shape index (κ1) is 17.5. The maximum atomic E-state index is 4.78. The van der Waals surface area contributed by atoms with Gasteiger partial charge in [0.25, 0.3) is 0 Å². The van der Waals surface area contributed by atoms with E-state index in [9.17, 15) is 0 Å². The van der Waals surface area contributed by atoms with Crippen LogP contribution >= 0.6 is 0 Å². The molecule has 6 heteroatoms. The van der Waals surface area contributed by atoms with Gasteiger partial charge in [-0.2, -0.15) is 5.10 Å². The predicted molar refractivity (Wildman–Crippen MR) is 100 cm³/mol. The lowest BCUT2D eigenvalue weighted by Gasteiger charge is -2.39. The molecule has 134 valence electrons. The quantitative estimate of drug-likeness (QED) is 0.686. The highest BCUT2D eigenvalue weighted by atomic mass is 15.3.